The molecule has 0 saturated carbocycles. The fourth-order valence-corrected chi connectivity index (χ4v) is 2.89. The topological polar surface area (TPSA) is 46.2 Å². The summed E-state index contributed by atoms with van der Waals surface area (Å²) in [6.07, 6.45) is 2.43. The Morgan fingerprint density at radius 1 is 1.14 bits per heavy atom. The van der Waals surface area contributed by atoms with E-state index in [4.69, 9.17) is 11.6 Å². The summed E-state index contributed by atoms with van der Waals surface area (Å²) in [5.74, 6) is 0.800. The minimum Gasteiger partial charge on any atom is -0.212 e. The van der Waals surface area contributed by atoms with Gasteiger partial charge in [-0.1, -0.05) is 6.42 Å². The quantitative estimate of drug-likeness (QED) is 0.572. The summed E-state index contributed by atoms with van der Waals surface area (Å²) in [7, 11) is -3.11. The van der Waals surface area contributed by atoms with Crippen molar-refractivity contribution in [2.45, 2.75) is 45.6 Å². The van der Waals surface area contributed by atoms with Crippen LogP contribution in [-0.2, 0) is 10.0 Å². The van der Waals surface area contributed by atoms with Gasteiger partial charge in [0.05, 0.1) is 5.75 Å². The Bertz CT molecular complexity index is 244. The van der Waals surface area contributed by atoms with Crippen molar-refractivity contribution >= 4 is 21.6 Å². The highest BCUT2D eigenvalue weighted by Gasteiger charge is 2.18. The normalized spacial score (nSPS) is 13.1. The zero-order valence-corrected chi connectivity index (χ0v) is 10.7. The SMILES string of the molecule is CC(C)(C)NS(=O)(=O)CCCCCCl. The summed E-state index contributed by atoms with van der Waals surface area (Å²) in [4.78, 5) is 0. The van der Waals surface area contributed by atoms with Crippen LogP contribution in [0.4, 0.5) is 0 Å². The van der Waals surface area contributed by atoms with Crippen LogP contribution in [0.3, 0.4) is 0 Å². The van der Waals surface area contributed by atoms with Gasteiger partial charge < -0.3 is 0 Å². The Hall–Kier alpha value is 0.200. The maximum absolute atomic E-state index is 11.5. The summed E-state index contributed by atoms with van der Waals surface area (Å²) in [5, 5.41) is 0. The molecule has 0 aromatic carbocycles. The summed E-state index contributed by atoms with van der Waals surface area (Å²) < 4.78 is 25.5. The molecule has 5 heteroatoms. The average Bonchev–Trinajstić information content (AvgIpc) is 1.93. The Balaban J connectivity index is 3.86. The van der Waals surface area contributed by atoms with Gasteiger partial charge in [0, 0.05) is 11.4 Å². The first-order valence-electron chi connectivity index (χ1n) is 4.84. The van der Waals surface area contributed by atoms with Crippen LogP contribution in [-0.4, -0.2) is 25.6 Å². The van der Waals surface area contributed by atoms with Crippen LogP contribution in [0.1, 0.15) is 40.0 Å². The van der Waals surface area contributed by atoms with E-state index in [-0.39, 0.29) is 11.3 Å². The summed E-state index contributed by atoms with van der Waals surface area (Å²) in [6, 6.07) is 0. The van der Waals surface area contributed by atoms with Crippen molar-refractivity contribution in [3.63, 3.8) is 0 Å². The zero-order chi connectivity index (χ0) is 11.2. The Morgan fingerprint density at radius 3 is 2.14 bits per heavy atom. The second kappa shape index (κ2) is 5.93. The predicted molar refractivity (Wildman–Crippen MR) is 61.2 cm³/mol. The number of hydrogen-bond donors (Lipinski definition) is 1. The van der Waals surface area contributed by atoms with Gasteiger partial charge in [-0.15, -0.1) is 11.6 Å². The van der Waals surface area contributed by atoms with Gasteiger partial charge in [-0.25, -0.2) is 13.1 Å². The Kier molecular flexibility index (Phi) is 6.02. The van der Waals surface area contributed by atoms with Gasteiger partial charge >= 0.3 is 0 Å². The third-order valence-corrected chi connectivity index (χ3v) is 3.53. The molecule has 0 bridgehead atoms. The van der Waals surface area contributed by atoms with E-state index in [0.717, 1.165) is 12.8 Å². The molecule has 0 atom stereocenters. The van der Waals surface area contributed by atoms with E-state index < -0.39 is 10.0 Å². The average molecular weight is 242 g/mol. The molecule has 0 unspecified atom stereocenters. The van der Waals surface area contributed by atoms with E-state index in [1.54, 1.807) is 0 Å². The molecule has 0 rings (SSSR count). The van der Waals surface area contributed by atoms with Gasteiger partial charge in [0.15, 0.2) is 0 Å². The molecule has 0 saturated heterocycles. The molecule has 0 amide bonds. The van der Waals surface area contributed by atoms with Crippen molar-refractivity contribution in [2.24, 2.45) is 0 Å². The van der Waals surface area contributed by atoms with Crippen molar-refractivity contribution in [3.8, 4) is 0 Å². The van der Waals surface area contributed by atoms with Crippen molar-refractivity contribution in [2.75, 3.05) is 11.6 Å². The maximum atomic E-state index is 11.5. The van der Waals surface area contributed by atoms with E-state index in [1.165, 1.54) is 0 Å². The van der Waals surface area contributed by atoms with Gasteiger partial charge in [-0.3, -0.25) is 0 Å². The molecule has 0 aromatic heterocycles. The zero-order valence-electron chi connectivity index (χ0n) is 9.14. The third kappa shape index (κ3) is 8.78. The van der Waals surface area contributed by atoms with Crippen molar-refractivity contribution in [1.29, 1.82) is 0 Å². The minimum atomic E-state index is -3.11. The lowest BCUT2D eigenvalue weighted by Gasteiger charge is -2.20. The summed E-state index contributed by atoms with van der Waals surface area (Å²) in [5.41, 5.74) is -0.384. The molecule has 0 heterocycles. The molecule has 1 N–H and O–H groups in total. The molecular formula is C9H20ClNO2S. The fraction of sp³-hybridized carbons (Fsp3) is 1.00. The lowest BCUT2D eigenvalue weighted by Crippen LogP contribution is -2.41. The highest BCUT2D eigenvalue weighted by molar-refractivity contribution is 7.89. The fourth-order valence-electron chi connectivity index (χ4n) is 1.08. The second-order valence-corrected chi connectivity index (χ2v) is 6.64. The minimum absolute atomic E-state index is 0.196. The van der Waals surface area contributed by atoms with Gasteiger partial charge in [-0.05, 0) is 33.6 Å². The van der Waals surface area contributed by atoms with Crippen molar-refractivity contribution in [1.82, 2.24) is 4.72 Å². The summed E-state index contributed by atoms with van der Waals surface area (Å²) >= 11 is 5.49. The molecule has 0 aliphatic carbocycles. The molecule has 3 nitrogen and oxygen atoms in total. The first-order chi connectivity index (χ1) is 6.27. The van der Waals surface area contributed by atoms with Crippen LogP contribution < -0.4 is 4.72 Å². The van der Waals surface area contributed by atoms with Gasteiger partial charge in [0.2, 0.25) is 10.0 Å². The van der Waals surface area contributed by atoms with Crippen LogP contribution in [0.25, 0.3) is 0 Å². The second-order valence-electron chi connectivity index (χ2n) is 4.42. The monoisotopic (exact) mass is 241 g/mol. The van der Waals surface area contributed by atoms with Crippen LogP contribution in [0.2, 0.25) is 0 Å². The van der Waals surface area contributed by atoms with E-state index in [2.05, 4.69) is 4.72 Å². The number of halogens is 1. The number of sulfonamides is 1. The molecule has 0 fully saturated rings. The van der Waals surface area contributed by atoms with Crippen LogP contribution >= 0.6 is 11.6 Å². The van der Waals surface area contributed by atoms with E-state index in [1.807, 2.05) is 20.8 Å². The van der Waals surface area contributed by atoms with Crippen LogP contribution in [0.5, 0.6) is 0 Å². The van der Waals surface area contributed by atoms with Gasteiger partial charge in [0.1, 0.15) is 0 Å². The Labute approximate surface area is 92.3 Å². The molecular weight excluding hydrogens is 222 g/mol. The Morgan fingerprint density at radius 2 is 1.71 bits per heavy atom. The lowest BCUT2D eigenvalue weighted by atomic mass is 10.1. The molecule has 14 heavy (non-hydrogen) atoms. The smallest absolute Gasteiger partial charge is 0.212 e. The number of alkyl halides is 1. The van der Waals surface area contributed by atoms with E-state index >= 15 is 0 Å². The highest BCUT2D eigenvalue weighted by Crippen LogP contribution is 2.05. The number of unbranched alkanes of at least 4 members (excludes halogenated alkanes) is 2. The van der Waals surface area contributed by atoms with Crippen LogP contribution in [0, 0.1) is 0 Å². The number of rotatable bonds is 6. The first kappa shape index (κ1) is 14.2. The lowest BCUT2D eigenvalue weighted by molar-refractivity contribution is 0.490. The first-order valence-corrected chi connectivity index (χ1v) is 7.03. The molecule has 0 aliphatic heterocycles. The molecule has 0 radical (unpaired) electrons. The molecule has 0 aliphatic rings. The standard InChI is InChI=1S/C9H20ClNO2S/c1-9(2,3)11-14(12,13)8-6-4-5-7-10/h11H,4-8H2,1-3H3. The van der Waals surface area contributed by atoms with Crippen molar-refractivity contribution in [3.05, 3.63) is 0 Å². The maximum Gasteiger partial charge on any atom is 0.212 e. The largest absolute Gasteiger partial charge is 0.212 e. The van der Waals surface area contributed by atoms with E-state index in [0.29, 0.717) is 12.3 Å². The molecule has 0 aromatic rings. The van der Waals surface area contributed by atoms with Gasteiger partial charge in [-0.2, -0.15) is 0 Å². The van der Waals surface area contributed by atoms with Gasteiger partial charge in [0.25, 0.3) is 0 Å². The van der Waals surface area contributed by atoms with E-state index in [9.17, 15) is 8.42 Å². The molecule has 86 valence electrons. The highest BCUT2D eigenvalue weighted by atomic mass is 35.5. The number of hydrogen-bond acceptors (Lipinski definition) is 2. The van der Waals surface area contributed by atoms with Crippen LogP contribution in [0.15, 0.2) is 0 Å². The predicted octanol–water partition coefficient (Wildman–Crippen LogP) is 2.11. The number of nitrogens with one attached hydrogen (secondary N) is 1. The summed E-state index contributed by atoms with van der Waals surface area (Å²) in [6.45, 7) is 5.51. The third-order valence-electron chi connectivity index (χ3n) is 1.51. The molecule has 0 spiro atoms. The van der Waals surface area contributed by atoms with Crippen molar-refractivity contribution < 1.29 is 8.42 Å².